The number of nitrogens with one attached hydrogen (secondary N) is 1. The van der Waals surface area contributed by atoms with Gasteiger partial charge in [-0.25, -0.2) is 0 Å². The van der Waals surface area contributed by atoms with Gasteiger partial charge in [-0.15, -0.1) is 0 Å². The minimum atomic E-state index is -0.0603. The monoisotopic (exact) mass is 262 g/mol. The highest BCUT2D eigenvalue weighted by Crippen LogP contribution is 2.23. The van der Waals surface area contributed by atoms with Crippen LogP contribution in [-0.4, -0.2) is 31.3 Å². The first-order valence-corrected chi connectivity index (χ1v) is 7.16. The van der Waals surface area contributed by atoms with Crippen LogP contribution in [0.15, 0.2) is 24.3 Å². The number of nitrogens with zero attached hydrogens (tertiary/aromatic N) is 1. The van der Waals surface area contributed by atoms with Crippen molar-refractivity contribution in [2.45, 2.75) is 45.9 Å². The molecule has 2 rings (SSSR count). The molecule has 1 unspecified atom stereocenters. The van der Waals surface area contributed by atoms with Gasteiger partial charge >= 0.3 is 0 Å². The van der Waals surface area contributed by atoms with E-state index < -0.39 is 0 Å². The van der Waals surface area contributed by atoms with Crippen molar-refractivity contribution in [2.24, 2.45) is 0 Å². The van der Waals surface area contributed by atoms with Gasteiger partial charge in [0, 0.05) is 31.4 Å². The molecule has 1 heterocycles. The van der Waals surface area contributed by atoms with Crippen molar-refractivity contribution in [1.82, 2.24) is 5.32 Å². The molecule has 19 heavy (non-hydrogen) atoms. The first kappa shape index (κ1) is 14.4. The number of rotatable bonds is 3. The van der Waals surface area contributed by atoms with Crippen molar-refractivity contribution < 1.29 is 4.74 Å². The topological polar surface area (TPSA) is 24.5 Å². The third kappa shape index (κ3) is 4.22. The fourth-order valence-corrected chi connectivity index (χ4v) is 2.42. The van der Waals surface area contributed by atoms with Gasteiger partial charge in [0.2, 0.25) is 0 Å². The number of hydrogen-bond acceptors (Lipinski definition) is 3. The molecule has 0 saturated carbocycles. The molecule has 0 aliphatic carbocycles. The van der Waals surface area contributed by atoms with Crippen LogP contribution in [0.4, 0.5) is 5.69 Å². The quantitative estimate of drug-likeness (QED) is 0.906. The first-order chi connectivity index (χ1) is 8.96. The van der Waals surface area contributed by atoms with Crippen LogP contribution in [-0.2, 0) is 11.3 Å². The second-order valence-electron chi connectivity index (χ2n) is 6.32. The molecule has 0 amide bonds. The molecule has 1 atom stereocenters. The fraction of sp³-hybridized carbons (Fsp3) is 0.625. The molecule has 0 aromatic heterocycles. The third-order valence-corrected chi connectivity index (χ3v) is 3.36. The molecule has 1 N–H and O–H groups in total. The summed E-state index contributed by atoms with van der Waals surface area (Å²) in [5.41, 5.74) is 2.66. The highest BCUT2D eigenvalue weighted by molar-refractivity contribution is 5.54. The molecule has 0 spiro atoms. The second-order valence-corrected chi connectivity index (χ2v) is 6.32. The van der Waals surface area contributed by atoms with E-state index in [1.165, 1.54) is 11.3 Å². The predicted octanol–water partition coefficient (Wildman–Crippen LogP) is 2.80. The first-order valence-electron chi connectivity index (χ1n) is 7.16. The largest absolute Gasteiger partial charge is 0.374 e. The van der Waals surface area contributed by atoms with E-state index in [1.807, 2.05) is 0 Å². The Labute approximate surface area is 116 Å². The van der Waals surface area contributed by atoms with Crippen molar-refractivity contribution in [1.29, 1.82) is 0 Å². The minimum Gasteiger partial charge on any atom is -0.374 e. The van der Waals surface area contributed by atoms with E-state index in [1.54, 1.807) is 0 Å². The van der Waals surface area contributed by atoms with Crippen LogP contribution in [0.2, 0.25) is 0 Å². The predicted molar refractivity (Wildman–Crippen MR) is 80.7 cm³/mol. The van der Waals surface area contributed by atoms with Crippen LogP contribution in [0.1, 0.15) is 33.3 Å². The zero-order chi connectivity index (χ0) is 13.9. The van der Waals surface area contributed by atoms with Crippen molar-refractivity contribution in [3.8, 4) is 0 Å². The fourth-order valence-electron chi connectivity index (χ4n) is 2.42. The molecule has 106 valence electrons. The van der Waals surface area contributed by atoms with Gasteiger partial charge in [-0.1, -0.05) is 18.2 Å². The van der Waals surface area contributed by atoms with Crippen LogP contribution in [0.25, 0.3) is 0 Å². The zero-order valence-electron chi connectivity index (χ0n) is 12.6. The lowest BCUT2D eigenvalue weighted by molar-refractivity contribution is 0.00132. The van der Waals surface area contributed by atoms with Crippen LogP contribution in [0, 0.1) is 0 Å². The van der Waals surface area contributed by atoms with Crippen molar-refractivity contribution >= 4 is 5.69 Å². The molecule has 1 aromatic carbocycles. The van der Waals surface area contributed by atoms with Gasteiger partial charge in [-0.05, 0) is 39.3 Å². The SMILES string of the molecule is CC1CN(CCOC(C)(C)C)c2ccccc2CN1. The molecule has 0 fully saturated rings. The molecule has 0 radical (unpaired) electrons. The molecule has 3 heteroatoms. The summed E-state index contributed by atoms with van der Waals surface area (Å²) in [6.07, 6.45) is 0. The molecular weight excluding hydrogens is 236 g/mol. The van der Waals surface area contributed by atoms with E-state index in [4.69, 9.17) is 4.74 Å². The Morgan fingerprint density at radius 3 is 2.79 bits per heavy atom. The van der Waals surface area contributed by atoms with E-state index in [-0.39, 0.29) is 5.60 Å². The smallest absolute Gasteiger partial charge is 0.0648 e. The highest BCUT2D eigenvalue weighted by atomic mass is 16.5. The van der Waals surface area contributed by atoms with Crippen LogP contribution >= 0.6 is 0 Å². The van der Waals surface area contributed by atoms with Crippen LogP contribution in [0.3, 0.4) is 0 Å². The second kappa shape index (κ2) is 5.93. The zero-order valence-corrected chi connectivity index (χ0v) is 12.6. The summed E-state index contributed by atoms with van der Waals surface area (Å²) in [5.74, 6) is 0. The van der Waals surface area contributed by atoms with E-state index >= 15 is 0 Å². The van der Waals surface area contributed by atoms with Gasteiger partial charge in [-0.3, -0.25) is 0 Å². The van der Waals surface area contributed by atoms with Gasteiger partial charge < -0.3 is 15.0 Å². The molecule has 3 nitrogen and oxygen atoms in total. The Hall–Kier alpha value is -1.06. The Kier molecular flexibility index (Phi) is 4.48. The van der Waals surface area contributed by atoms with Crippen LogP contribution in [0.5, 0.6) is 0 Å². The van der Waals surface area contributed by atoms with Crippen LogP contribution < -0.4 is 10.2 Å². The molecule has 1 aliphatic heterocycles. The molecular formula is C16H26N2O. The maximum absolute atomic E-state index is 5.86. The Morgan fingerprint density at radius 1 is 1.32 bits per heavy atom. The van der Waals surface area contributed by atoms with E-state index in [0.717, 1.165) is 26.2 Å². The summed E-state index contributed by atoms with van der Waals surface area (Å²) in [5, 5.41) is 3.55. The Balaban J connectivity index is 2.05. The lowest BCUT2D eigenvalue weighted by atomic mass is 10.1. The number of ether oxygens (including phenoxy) is 1. The average Bonchev–Trinajstić information content (AvgIpc) is 2.48. The summed E-state index contributed by atoms with van der Waals surface area (Å²) in [6.45, 7) is 12.3. The average molecular weight is 262 g/mol. The lowest BCUT2D eigenvalue weighted by Gasteiger charge is -2.28. The Bertz CT molecular complexity index is 411. The molecule has 1 aliphatic rings. The van der Waals surface area contributed by atoms with Crippen molar-refractivity contribution in [3.63, 3.8) is 0 Å². The van der Waals surface area contributed by atoms with Gasteiger partial charge in [0.05, 0.1) is 12.2 Å². The molecule has 1 aromatic rings. The van der Waals surface area contributed by atoms with Gasteiger partial charge in [0.1, 0.15) is 0 Å². The Morgan fingerprint density at radius 2 is 2.05 bits per heavy atom. The van der Waals surface area contributed by atoms with E-state index in [9.17, 15) is 0 Å². The summed E-state index contributed by atoms with van der Waals surface area (Å²) in [7, 11) is 0. The molecule has 0 saturated heterocycles. The lowest BCUT2D eigenvalue weighted by Crippen LogP contribution is -2.38. The van der Waals surface area contributed by atoms with Gasteiger partial charge in [0.15, 0.2) is 0 Å². The summed E-state index contributed by atoms with van der Waals surface area (Å²) >= 11 is 0. The highest BCUT2D eigenvalue weighted by Gasteiger charge is 2.19. The van der Waals surface area contributed by atoms with E-state index in [2.05, 4.69) is 62.2 Å². The van der Waals surface area contributed by atoms with Crippen molar-refractivity contribution in [2.75, 3.05) is 24.6 Å². The number of fused-ring (bicyclic) bond motifs is 1. The summed E-state index contributed by atoms with van der Waals surface area (Å²) in [6, 6.07) is 9.15. The van der Waals surface area contributed by atoms with Crippen molar-refractivity contribution in [3.05, 3.63) is 29.8 Å². The van der Waals surface area contributed by atoms with Gasteiger partial charge in [-0.2, -0.15) is 0 Å². The molecule has 0 bridgehead atoms. The number of hydrogen-bond donors (Lipinski definition) is 1. The van der Waals surface area contributed by atoms with Gasteiger partial charge in [0.25, 0.3) is 0 Å². The summed E-state index contributed by atoms with van der Waals surface area (Å²) < 4.78 is 5.86. The number of anilines is 1. The maximum Gasteiger partial charge on any atom is 0.0648 e. The maximum atomic E-state index is 5.86. The normalized spacial score (nSPS) is 20.0. The summed E-state index contributed by atoms with van der Waals surface area (Å²) in [4.78, 5) is 2.44. The van der Waals surface area contributed by atoms with E-state index in [0.29, 0.717) is 6.04 Å². The number of para-hydroxylation sites is 1. The minimum absolute atomic E-state index is 0.0603. The third-order valence-electron chi connectivity index (χ3n) is 3.36. The standard InChI is InChI=1S/C16H26N2O/c1-13-12-18(9-10-19-16(2,3)4)15-8-6-5-7-14(15)11-17-13/h5-8,13,17H,9-12H2,1-4H3. The number of benzene rings is 1.